The van der Waals surface area contributed by atoms with Crippen LogP contribution in [0.2, 0.25) is 0 Å². The molecular weight excluding hydrogens is 240 g/mol. The smallest absolute Gasteiger partial charge is 0.267 e. The molecule has 1 aliphatic rings. The Morgan fingerprint density at radius 2 is 2.12 bits per heavy atom. The molecule has 0 saturated heterocycles. The maximum Gasteiger partial charge on any atom is 0.325 e. The number of oxime groups is 1. The summed E-state index contributed by atoms with van der Waals surface area (Å²) in [5.41, 5.74) is 0.855. The first-order valence-electron chi connectivity index (χ1n) is 5.59. The van der Waals surface area contributed by atoms with Gasteiger partial charge in [-0.05, 0) is 31.3 Å². The highest BCUT2D eigenvalue weighted by Gasteiger charge is 2.11. The minimum absolute atomic E-state index is 0.0670. The molecular formula is C11H16N2O3S. The fourth-order valence-electron chi connectivity index (χ4n) is 1.66. The van der Waals surface area contributed by atoms with Crippen LogP contribution in [0.1, 0.15) is 38.5 Å². The molecule has 5 nitrogen and oxygen atoms in total. The van der Waals surface area contributed by atoms with Crippen molar-refractivity contribution in [1.29, 1.82) is 5.26 Å². The molecule has 0 unspecified atom stereocenters. The number of hydrogen-bond donors (Lipinski definition) is 0. The standard InChI is InChI=1S/C11H16N2O3S/c1-17(14,15)16-13-11(9-12)10-7-5-3-2-4-6-8-10/h7H,2-6,8H2,1H3/b10-7+,13-11?. The normalized spacial score (nSPS) is 21.6. The summed E-state index contributed by atoms with van der Waals surface area (Å²) in [7, 11) is -3.65. The average molecular weight is 256 g/mol. The van der Waals surface area contributed by atoms with Crippen LogP contribution in [0.5, 0.6) is 0 Å². The molecule has 0 atom stereocenters. The summed E-state index contributed by atoms with van der Waals surface area (Å²) < 4.78 is 25.9. The van der Waals surface area contributed by atoms with E-state index in [9.17, 15) is 8.42 Å². The molecule has 0 fully saturated rings. The monoisotopic (exact) mass is 256 g/mol. The molecule has 0 aromatic heterocycles. The Labute approximate surface area is 102 Å². The van der Waals surface area contributed by atoms with Crippen LogP contribution in [0.15, 0.2) is 16.8 Å². The molecule has 0 N–H and O–H groups in total. The van der Waals surface area contributed by atoms with E-state index in [4.69, 9.17) is 5.26 Å². The van der Waals surface area contributed by atoms with E-state index in [0.29, 0.717) is 0 Å². The Balaban J connectivity index is 2.82. The summed E-state index contributed by atoms with van der Waals surface area (Å²) in [5.74, 6) is 0. The minimum atomic E-state index is -3.65. The molecule has 17 heavy (non-hydrogen) atoms. The molecule has 94 valence electrons. The van der Waals surface area contributed by atoms with Gasteiger partial charge in [0.05, 0.1) is 6.26 Å². The van der Waals surface area contributed by atoms with Crippen LogP contribution in [0, 0.1) is 11.3 Å². The second-order valence-electron chi connectivity index (χ2n) is 4.01. The first kappa shape index (κ1) is 13.7. The Morgan fingerprint density at radius 1 is 1.41 bits per heavy atom. The van der Waals surface area contributed by atoms with Crippen LogP contribution in [0.3, 0.4) is 0 Å². The van der Waals surface area contributed by atoms with Gasteiger partial charge in [0.2, 0.25) is 0 Å². The van der Waals surface area contributed by atoms with Gasteiger partial charge in [-0.3, -0.25) is 4.28 Å². The van der Waals surface area contributed by atoms with Crippen LogP contribution in [0.4, 0.5) is 0 Å². The molecule has 0 bridgehead atoms. The zero-order valence-electron chi connectivity index (χ0n) is 9.85. The Kier molecular flexibility index (Phi) is 5.16. The van der Waals surface area contributed by atoms with Crippen molar-refractivity contribution in [2.75, 3.05) is 6.26 Å². The van der Waals surface area contributed by atoms with Gasteiger partial charge in [-0.2, -0.15) is 13.7 Å². The van der Waals surface area contributed by atoms with Gasteiger partial charge in [0, 0.05) is 0 Å². The van der Waals surface area contributed by atoms with Gasteiger partial charge in [-0.25, -0.2) is 0 Å². The van der Waals surface area contributed by atoms with Gasteiger partial charge < -0.3 is 0 Å². The molecule has 0 aromatic carbocycles. The lowest BCUT2D eigenvalue weighted by Crippen LogP contribution is -2.06. The highest BCUT2D eigenvalue weighted by atomic mass is 32.2. The molecule has 0 saturated carbocycles. The van der Waals surface area contributed by atoms with E-state index in [2.05, 4.69) is 9.44 Å². The lowest BCUT2D eigenvalue weighted by molar-refractivity contribution is 0.343. The molecule has 0 aromatic rings. The minimum Gasteiger partial charge on any atom is -0.267 e. The van der Waals surface area contributed by atoms with Gasteiger partial charge in [-0.15, -0.1) is 0 Å². The Hall–Kier alpha value is -1.35. The van der Waals surface area contributed by atoms with Crippen molar-refractivity contribution in [3.8, 4) is 6.07 Å². The van der Waals surface area contributed by atoms with Crippen molar-refractivity contribution in [2.24, 2.45) is 5.16 Å². The summed E-state index contributed by atoms with van der Waals surface area (Å²) in [4.78, 5) is 0. The molecule has 0 spiro atoms. The summed E-state index contributed by atoms with van der Waals surface area (Å²) in [5, 5.41) is 12.3. The predicted molar refractivity (Wildman–Crippen MR) is 64.8 cm³/mol. The third kappa shape index (κ3) is 5.50. The summed E-state index contributed by atoms with van der Waals surface area (Å²) in [6.45, 7) is 0. The van der Waals surface area contributed by atoms with E-state index in [1.165, 1.54) is 6.42 Å². The number of nitriles is 1. The third-order valence-corrected chi connectivity index (χ3v) is 2.81. The quantitative estimate of drug-likeness (QED) is 0.572. The highest BCUT2D eigenvalue weighted by molar-refractivity contribution is 7.85. The van der Waals surface area contributed by atoms with Gasteiger partial charge in [0.15, 0.2) is 5.71 Å². The van der Waals surface area contributed by atoms with Gasteiger partial charge >= 0.3 is 10.1 Å². The van der Waals surface area contributed by atoms with E-state index in [0.717, 1.165) is 43.9 Å². The summed E-state index contributed by atoms with van der Waals surface area (Å²) >= 11 is 0. The summed E-state index contributed by atoms with van der Waals surface area (Å²) in [6.07, 6.45) is 8.91. The van der Waals surface area contributed by atoms with Crippen molar-refractivity contribution in [2.45, 2.75) is 38.5 Å². The third-order valence-electron chi connectivity index (χ3n) is 2.46. The van der Waals surface area contributed by atoms with Crippen LogP contribution < -0.4 is 0 Å². The van der Waals surface area contributed by atoms with E-state index < -0.39 is 10.1 Å². The second-order valence-corrected chi connectivity index (χ2v) is 5.57. The van der Waals surface area contributed by atoms with Crippen molar-refractivity contribution >= 4 is 15.8 Å². The van der Waals surface area contributed by atoms with Crippen molar-refractivity contribution in [3.05, 3.63) is 11.6 Å². The van der Waals surface area contributed by atoms with Gasteiger partial charge in [0.1, 0.15) is 6.07 Å². The molecule has 0 amide bonds. The maximum atomic E-state index is 10.8. The number of rotatable bonds is 3. The SMILES string of the molecule is CS(=O)(=O)ON=C(C#N)/C1=C/CCCCCC1. The topological polar surface area (TPSA) is 79.5 Å². The molecule has 0 radical (unpaired) electrons. The first-order chi connectivity index (χ1) is 8.03. The van der Waals surface area contributed by atoms with Crippen LogP contribution in [-0.2, 0) is 14.4 Å². The van der Waals surface area contributed by atoms with Crippen LogP contribution in [0.25, 0.3) is 0 Å². The number of hydrogen-bond acceptors (Lipinski definition) is 5. The predicted octanol–water partition coefficient (Wildman–Crippen LogP) is 2.12. The average Bonchev–Trinajstić information content (AvgIpc) is 2.19. The maximum absolute atomic E-state index is 10.8. The van der Waals surface area contributed by atoms with Crippen molar-refractivity contribution in [1.82, 2.24) is 0 Å². The van der Waals surface area contributed by atoms with E-state index in [1.807, 2.05) is 12.1 Å². The molecule has 1 aliphatic carbocycles. The highest BCUT2D eigenvalue weighted by Crippen LogP contribution is 2.18. The van der Waals surface area contributed by atoms with E-state index in [-0.39, 0.29) is 5.71 Å². The second kappa shape index (κ2) is 6.40. The van der Waals surface area contributed by atoms with Gasteiger partial charge in [-0.1, -0.05) is 24.1 Å². The first-order valence-corrected chi connectivity index (χ1v) is 7.41. The lowest BCUT2D eigenvalue weighted by atomic mass is 9.97. The van der Waals surface area contributed by atoms with Crippen LogP contribution >= 0.6 is 0 Å². The molecule has 1 rings (SSSR count). The largest absolute Gasteiger partial charge is 0.325 e. The molecule has 0 heterocycles. The van der Waals surface area contributed by atoms with Crippen molar-refractivity contribution < 1.29 is 12.7 Å². The Morgan fingerprint density at radius 3 is 2.76 bits per heavy atom. The Bertz CT molecular complexity index is 458. The number of nitrogens with zero attached hydrogens (tertiary/aromatic N) is 2. The fraction of sp³-hybridized carbons (Fsp3) is 0.636. The van der Waals surface area contributed by atoms with Gasteiger partial charge in [0.25, 0.3) is 0 Å². The lowest BCUT2D eigenvalue weighted by Gasteiger charge is -2.08. The van der Waals surface area contributed by atoms with Crippen molar-refractivity contribution in [3.63, 3.8) is 0 Å². The molecule has 6 heteroatoms. The number of allylic oxidation sites excluding steroid dienone is 2. The van der Waals surface area contributed by atoms with E-state index in [1.54, 1.807) is 0 Å². The van der Waals surface area contributed by atoms with Crippen LogP contribution in [-0.4, -0.2) is 20.4 Å². The molecule has 0 aliphatic heterocycles. The van der Waals surface area contributed by atoms with E-state index >= 15 is 0 Å². The zero-order valence-corrected chi connectivity index (χ0v) is 10.7. The fourth-order valence-corrected chi connectivity index (χ4v) is 1.87. The zero-order chi connectivity index (χ0) is 12.7. The summed E-state index contributed by atoms with van der Waals surface area (Å²) in [6, 6.07) is 1.88.